The second-order valence-electron chi connectivity index (χ2n) is 26.6. The van der Waals surface area contributed by atoms with Crippen LogP contribution in [0.5, 0.6) is 46.0 Å². The molecule has 0 spiro atoms. The monoisotopic (exact) mass is 1460 g/mol. The van der Waals surface area contributed by atoms with E-state index < -0.39 is 232 Å². The predicted octanol–water partition coefficient (Wildman–Crippen LogP) is 2.74. The number of benzene rings is 5. The first-order valence-corrected chi connectivity index (χ1v) is 33.2. The van der Waals surface area contributed by atoms with Crippen LogP contribution in [0.1, 0.15) is 118 Å². The number of ketones is 2. The number of nitrogens with two attached hydrogens (primary N) is 2. The number of amides is 5. The number of likely N-dealkylation sites (N-methyl/N-ethyl adjacent to an activating group) is 1. The van der Waals surface area contributed by atoms with E-state index in [-0.39, 0.29) is 64.1 Å². The Morgan fingerprint density at radius 1 is 0.745 bits per heavy atom. The van der Waals surface area contributed by atoms with Crippen LogP contribution in [0.15, 0.2) is 78.9 Å². The number of phenolic OH excluding ortho intramolecular Hbond substituents is 3. The third kappa shape index (κ3) is 16.2. The van der Waals surface area contributed by atoms with Gasteiger partial charge in [0, 0.05) is 61.1 Å². The standard InChI is InChI=1S/C69H79Cl2N7O24/c1-26(2)13-39(74-5)65(92)77-54-42(82)17-32(20-49(72)84)63(90)75-52-31-18-46(98-44-11-8-29(56(54)85)15-37(44)70)60(102-68-61(59(88)58(87)48(100-68)25-96-6)101-50-24-69(4,73)62(89)27(3)97-50)47(19-31)99-45-12-9-30(16-38(45)71)57(86)55-66(93)76-53(67(94)95)36-21-33(79)22-41(81)51(36)35-14-28(7-10-40(35)80)34(23-43(52)83)64(91)78-55/h7-12,14-16,18-19,21-22,26-27,32,34,39,48,50,52-59,61-62,68,74,79-81,85-89H,13,17,20,23-25,73H2,1-6H3,(H2,72,84)(H,75,90)(H,76,93)(H,77,92)(H,78,91)(H,94,95)/t27-,32-,34+,39+,48+,50-,52+,53+,54?,55-,56+,57+,58+,59-,61?,62+,68-,69-/m0/s1. The Balaban J connectivity index is 1.24. The fourth-order valence-corrected chi connectivity index (χ4v) is 13.6. The van der Waals surface area contributed by atoms with Gasteiger partial charge in [0.25, 0.3) is 0 Å². The second-order valence-corrected chi connectivity index (χ2v) is 27.4. The molecule has 7 aliphatic heterocycles. The number of primary amides is 1. The molecule has 11 bridgehead atoms. The lowest BCUT2D eigenvalue weighted by Crippen LogP contribution is -2.64. The second kappa shape index (κ2) is 31.0. The Morgan fingerprint density at radius 3 is 1.97 bits per heavy atom. The fraction of sp³-hybridized carbons (Fsp3) is 0.449. The summed E-state index contributed by atoms with van der Waals surface area (Å²) in [6.07, 6.45) is -19.5. The molecule has 7 aliphatic rings. The van der Waals surface area contributed by atoms with Gasteiger partial charge in [0.05, 0.1) is 46.7 Å². The van der Waals surface area contributed by atoms with E-state index in [9.17, 15) is 69.9 Å². The molecule has 18 atom stereocenters. The largest absolute Gasteiger partial charge is 0.508 e. The van der Waals surface area contributed by atoms with Crippen molar-refractivity contribution in [3.8, 4) is 57.1 Å². The number of aromatic hydroxyl groups is 3. The average molecular weight is 1460 g/mol. The lowest BCUT2D eigenvalue weighted by atomic mass is 9.84. The summed E-state index contributed by atoms with van der Waals surface area (Å²) in [6, 6.07) is 4.84. The van der Waals surface area contributed by atoms with Crippen molar-refractivity contribution >= 4 is 70.3 Å². The van der Waals surface area contributed by atoms with Crippen LogP contribution in [0.2, 0.25) is 10.0 Å². The van der Waals surface area contributed by atoms with Gasteiger partial charge in [-0.2, -0.15) is 0 Å². The molecule has 2 unspecified atom stereocenters. The molecule has 102 heavy (non-hydrogen) atoms. The number of carbonyl (C=O) groups is 8. The number of aliphatic hydroxyl groups excluding tert-OH is 5. The van der Waals surface area contributed by atoms with E-state index in [1.54, 1.807) is 0 Å². The molecular formula is C69H79Cl2N7O24. The van der Waals surface area contributed by atoms with E-state index in [2.05, 4.69) is 26.6 Å². The number of ether oxygens (including phenoxy) is 7. The first kappa shape index (κ1) is 75.9. The highest BCUT2D eigenvalue weighted by Gasteiger charge is 2.52. The lowest BCUT2D eigenvalue weighted by molar-refractivity contribution is -0.334. The highest BCUT2D eigenvalue weighted by Crippen LogP contribution is 2.50. The molecule has 548 valence electrons. The highest BCUT2D eigenvalue weighted by molar-refractivity contribution is 6.32. The van der Waals surface area contributed by atoms with Gasteiger partial charge in [-0.25, -0.2) is 4.79 Å². The molecule has 2 fully saturated rings. The Kier molecular flexibility index (Phi) is 23.1. The average Bonchev–Trinajstić information content (AvgIpc) is 0.768. The minimum atomic E-state index is -2.24. The molecule has 18 N–H and O–H groups in total. The van der Waals surface area contributed by atoms with Crippen LogP contribution in [0, 0.1) is 11.8 Å². The maximum absolute atomic E-state index is 16.2. The van der Waals surface area contributed by atoms with Crippen LogP contribution >= 0.6 is 23.2 Å². The molecule has 33 heteroatoms. The maximum atomic E-state index is 16.2. The third-order valence-electron chi connectivity index (χ3n) is 18.5. The number of phenols is 3. The summed E-state index contributed by atoms with van der Waals surface area (Å²) in [5, 5.41) is 116. The van der Waals surface area contributed by atoms with Crippen molar-refractivity contribution in [2.24, 2.45) is 23.3 Å². The fourth-order valence-electron chi connectivity index (χ4n) is 13.2. The van der Waals surface area contributed by atoms with Gasteiger partial charge >= 0.3 is 5.97 Å². The van der Waals surface area contributed by atoms with Crippen molar-refractivity contribution in [1.82, 2.24) is 26.6 Å². The first-order valence-electron chi connectivity index (χ1n) is 32.4. The Labute approximate surface area is 592 Å². The molecule has 0 radical (unpaired) electrons. The number of carboxylic acids is 1. The van der Waals surface area contributed by atoms with Gasteiger partial charge in [-0.15, -0.1) is 0 Å². The summed E-state index contributed by atoms with van der Waals surface area (Å²) < 4.78 is 44.3. The number of halogens is 2. The van der Waals surface area contributed by atoms with Crippen LogP contribution in [-0.2, 0) is 57.3 Å². The number of carboxylic acid groups (broad SMARTS) is 1. The van der Waals surface area contributed by atoms with Crippen molar-refractivity contribution in [2.45, 2.75) is 163 Å². The molecule has 12 rings (SSSR count). The number of rotatable bonds is 14. The molecule has 5 aromatic carbocycles. The molecular weight excluding hydrogens is 1380 g/mol. The highest BCUT2D eigenvalue weighted by atomic mass is 35.5. The molecule has 5 aromatic rings. The molecule has 2 saturated heterocycles. The maximum Gasteiger partial charge on any atom is 0.330 e. The van der Waals surface area contributed by atoms with Crippen molar-refractivity contribution in [3.63, 3.8) is 0 Å². The molecule has 7 heterocycles. The van der Waals surface area contributed by atoms with Crippen molar-refractivity contribution in [2.75, 3.05) is 20.8 Å². The summed E-state index contributed by atoms with van der Waals surface area (Å²) >= 11 is 14.2. The van der Waals surface area contributed by atoms with E-state index in [1.165, 1.54) is 52.3 Å². The summed E-state index contributed by atoms with van der Waals surface area (Å²) in [6.45, 7) is 6.34. The Bertz CT molecular complexity index is 4090. The zero-order chi connectivity index (χ0) is 74.2. The zero-order valence-electron chi connectivity index (χ0n) is 55.7. The van der Waals surface area contributed by atoms with Crippen LogP contribution in [0.25, 0.3) is 11.1 Å². The van der Waals surface area contributed by atoms with Gasteiger partial charge in [0.2, 0.25) is 41.6 Å². The number of Topliss-reactive ketones (excluding diaryl/α,β-unsaturated/α-hetero) is 2. The number of hydrogen-bond acceptors (Lipinski definition) is 25. The number of fused-ring (bicyclic) bond motifs is 15. The predicted molar refractivity (Wildman–Crippen MR) is 357 cm³/mol. The SMILES string of the molecule is CN[C@H](CC(C)C)C(=O)NC1C(=O)C[C@@H](CC(N)=O)C(=O)N[C@H]2C(=O)C[C@H]3C(=O)N[C@H](C(=O)N[C@@H](C(=O)O)c4cc(O)cc(O)c4-c4cc3ccc4O)[C@H](O)c3ccc(c(Cl)c3)Oc3cc2cc(c3O[C@@H]2O[C@H](COC)[C@@H](O)[C@H](O)C2O[C@H]2C[C@](C)(N)[C@H](O)[C@H](C)O2)Oc2ccc(cc2Cl)[C@H]1O. The number of aliphatic carboxylic acids is 1. The quantitative estimate of drug-likeness (QED) is 0.0760. The number of aliphatic hydroxyl groups is 5. The van der Waals surface area contributed by atoms with E-state index >= 15 is 14.4 Å². The minimum Gasteiger partial charge on any atom is -0.508 e. The van der Waals surface area contributed by atoms with Crippen LogP contribution in [0.4, 0.5) is 0 Å². The molecule has 5 amide bonds. The van der Waals surface area contributed by atoms with E-state index in [4.69, 9.17) is 67.8 Å². The summed E-state index contributed by atoms with van der Waals surface area (Å²) in [5.74, 6) is -18.2. The number of methoxy groups -OCH3 is 1. The van der Waals surface area contributed by atoms with Gasteiger partial charge in [-0.3, -0.25) is 33.6 Å². The smallest absolute Gasteiger partial charge is 0.330 e. The molecule has 31 nitrogen and oxygen atoms in total. The zero-order valence-corrected chi connectivity index (χ0v) is 57.2. The third-order valence-corrected chi connectivity index (χ3v) is 19.1. The molecule has 0 saturated carbocycles. The van der Waals surface area contributed by atoms with Gasteiger partial charge in [0.1, 0.15) is 77.4 Å². The topological polar surface area (TPSA) is 495 Å². The van der Waals surface area contributed by atoms with Crippen LogP contribution < -0.4 is 52.3 Å². The number of hydrogen-bond donors (Lipinski definition) is 16. The van der Waals surface area contributed by atoms with Gasteiger partial charge in [-0.05, 0) is 110 Å². The Morgan fingerprint density at radius 2 is 1.38 bits per heavy atom. The van der Waals surface area contributed by atoms with Crippen molar-refractivity contribution in [1.29, 1.82) is 0 Å². The van der Waals surface area contributed by atoms with Crippen molar-refractivity contribution < 1.29 is 117 Å². The number of nitrogens with one attached hydrogen (secondary N) is 5. The van der Waals surface area contributed by atoms with Gasteiger partial charge < -0.3 is 117 Å². The lowest BCUT2D eigenvalue weighted by Gasteiger charge is -2.47. The van der Waals surface area contributed by atoms with E-state index in [0.717, 1.165) is 54.6 Å². The Hall–Kier alpha value is -8.80. The van der Waals surface area contributed by atoms with E-state index in [0.29, 0.717) is 0 Å². The molecule has 0 aliphatic carbocycles. The van der Waals surface area contributed by atoms with E-state index in [1.807, 2.05) is 13.8 Å². The summed E-state index contributed by atoms with van der Waals surface area (Å²) in [7, 11) is 2.78. The van der Waals surface area contributed by atoms with Gasteiger partial charge in [0.15, 0.2) is 41.5 Å². The number of carbonyl (C=O) groups excluding carboxylic acids is 7. The van der Waals surface area contributed by atoms with Crippen LogP contribution in [0.3, 0.4) is 0 Å². The first-order chi connectivity index (χ1) is 48.2. The normalized spacial score (nSPS) is 29.4. The van der Waals surface area contributed by atoms with Crippen LogP contribution in [-0.4, -0.2) is 187 Å². The van der Waals surface area contributed by atoms with Gasteiger partial charge in [-0.1, -0.05) is 55.2 Å². The summed E-state index contributed by atoms with van der Waals surface area (Å²) in [5.41, 5.74) is 8.62. The molecule has 0 aromatic heterocycles. The van der Waals surface area contributed by atoms with Crippen molar-refractivity contribution in [3.05, 3.63) is 117 Å². The summed E-state index contributed by atoms with van der Waals surface area (Å²) in [4.78, 5) is 118. The minimum absolute atomic E-state index is 0.0721.